The Balaban J connectivity index is 1.55. The van der Waals surface area contributed by atoms with Gasteiger partial charge in [0.05, 0.1) is 0 Å². The molecule has 1 saturated heterocycles. The molecule has 0 radical (unpaired) electrons. The molecular weight excluding hydrogens is 234 g/mol. The quantitative estimate of drug-likeness (QED) is 0.731. The Morgan fingerprint density at radius 2 is 1.63 bits per heavy atom. The second kappa shape index (κ2) is 7.05. The summed E-state index contributed by atoms with van der Waals surface area (Å²) >= 11 is 0. The van der Waals surface area contributed by atoms with Gasteiger partial charge in [0.15, 0.2) is 0 Å². The topological polar surface area (TPSA) is 32.5 Å². The molecule has 2 rings (SSSR count). The van der Waals surface area contributed by atoms with E-state index < -0.39 is 0 Å². The summed E-state index contributed by atoms with van der Waals surface area (Å²) in [6, 6.07) is 0. The van der Waals surface area contributed by atoms with E-state index >= 15 is 0 Å². The Labute approximate surface area is 119 Å². The fraction of sp³-hybridized carbons (Fsp3) is 1.00. The highest BCUT2D eigenvalue weighted by molar-refractivity contribution is 4.80. The average Bonchev–Trinajstić information content (AvgIpc) is 3.15. The van der Waals surface area contributed by atoms with Crippen molar-refractivity contribution in [3.05, 3.63) is 0 Å². The molecule has 19 heavy (non-hydrogen) atoms. The van der Waals surface area contributed by atoms with E-state index in [-0.39, 0.29) is 0 Å². The molecule has 0 unspecified atom stereocenters. The van der Waals surface area contributed by atoms with Gasteiger partial charge in [-0.25, -0.2) is 0 Å². The summed E-state index contributed by atoms with van der Waals surface area (Å²) in [4.78, 5) is 5.33. The van der Waals surface area contributed by atoms with Gasteiger partial charge in [0.1, 0.15) is 0 Å². The highest BCUT2D eigenvalue weighted by Gasteiger charge is 2.26. The van der Waals surface area contributed by atoms with E-state index in [0.29, 0.717) is 5.41 Å². The van der Waals surface area contributed by atoms with Crippen LogP contribution in [0.5, 0.6) is 0 Å². The van der Waals surface area contributed by atoms with Crippen molar-refractivity contribution in [2.45, 2.75) is 46.0 Å². The number of piperazine rings is 1. The summed E-state index contributed by atoms with van der Waals surface area (Å²) < 4.78 is 0. The van der Waals surface area contributed by atoms with Crippen molar-refractivity contribution in [3.63, 3.8) is 0 Å². The zero-order valence-electron chi connectivity index (χ0n) is 13.0. The van der Waals surface area contributed by atoms with E-state index in [2.05, 4.69) is 23.6 Å². The molecule has 3 nitrogen and oxygen atoms in total. The van der Waals surface area contributed by atoms with Crippen molar-refractivity contribution in [1.29, 1.82) is 0 Å². The largest absolute Gasteiger partial charge is 0.330 e. The Kier molecular flexibility index (Phi) is 5.67. The Morgan fingerprint density at radius 3 is 2.21 bits per heavy atom. The molecule has 0 bridgehead atoms. The molecule has 0 atom stereocenters. The monoisotopic (exact) mass is 267 g/mol. The van der Waals surface area contributed by atoms with E-state index in [1.807, 2.05) is 0 Å². The lowest BCUT2D eigenvalue weighted by Crippen LogP contribution is -2.47. The smallest absolute Gasteiger partial charge is 0.0110 e. The van der Waals surface area contributed by atoms with Crippen LogP contribution in [0.4, 0.5) is 0 Å². The minimum atomic E-state index is 0.433. The van der Waals surface area contributed by atoms with Gasteiger partial charge >= 0.3 is 0 Å². The molecule has 112 valence electrons. The first-order chi connectivity index (χ1) is 9.09. The second-order valence-electron chi connectivity index (χ2n) is 7.39. The molecule has 2 fully saturated rings. The molecule has 1 heterocycles. The van der Waals surface area contributed by atoms with E-state index in [1.54, 1.807) is 0 Å². The van der Waals surface area contributed by atoms with Gasteiger partial charge < -0.3 is 15.5 Å². The first-order valence-electron chi connectivity index (χ1n) is 8.24. The number of nitrogens with two attached hydrogens (primary N) is 1. The maximum Gasteiger partial charge on any atom is 0.0110 e. The second-order valence-corrected chi connectivity index (χ2v) is 7.39. The molecule has 1 aliphatic carbocycles. The summed E-state index contributed by atoms with van der Waals surface area (Å²) in [7, 11) is 0. The number of rotatable bonds is 8. The standard InChI is InChI=1S/C16H33N3/c1-16(2,7-8-17)6-3-9-18-10-12-19(13-11-18)14-15-4-5-15/h15H,3-14,17H2,1-2H3. The van der Waals surface area contributed by atoms with Crippen molar-refractivity contribution >= 4 is 0 Å². The fourth-order valence-corrected chi connectivity index (χ4v) is 3.16. The van der Waals surface area contributed by atoms with Crippen LogP contribution < -0.4 is 5.73 Å². The van der Waals surface area contributed by atoms with Crippen molar-refractivity contribution in [1.82, 2.24) is 9.80 Å². The van der Waals surface area contributed by atoms with Gasteiger partial charge in [0.2, 0.25) is 0 Å². The SMILES string of the molecule is CC(C)(CCN)CCCN1CCN(CC2CC2)CC1. The van der Waals surface area contributed by atoms with Crippen LogP contribution in [-0.4, -0.2) is 55.6 Å². The van der Waals surface area contributed by atoms with E-state index in [1.165, 1.54) is 65.0 Å². The van der Waals surface area contributed by atoms with Crippen LogP contribution in [0.25, 0.3) is 0 Å². The van der Waals surface area contributed by atoms with Gasteiger partial charge in [-0.15, -0.1) is 0 Å². The van der Waals surface area contributed by atoms with Crippen LogP contribution in [0.1, 0.15) is 46.0 Å². The van der Waals surface area contributed by atoms with Gasteiger partial charge in [-0.2, -0.15) is 0 Å². The third-order valence-corrected chi connectivity index (χ3v) is 4.83. The first kappa shape index (κ1) is 15.3. The predicted molar refractivity (Wildman–Crippen MR) is 82.3 cm³/mol. The van der Waals surface area contributed by atoms with E-state index in [0.717, 1.165) is 18.9 Å². The van der Waals surface area contributed by atoms with Crippen LogP contribution >= 0.6 is 0 Å². The van der Waals surface area contributed by atoms with Crippen molar-refractivity contribution in [3.8, 4) is 0 Å². The number of nitrogens with zero attached hydrogens (tertiary/aromatic N) is 2. The molecule has 0 aromatic carbocycles. The van der Waals surface area contributed by atoms with Crippen LogP contribution in [-0.2, 0) is 0 Å². The summed E-state index contributed by atoms with van der Waals surface area (Å²) in [5, 5.41) is 0. The Hall–Kier alpha value is -0.120. The maximum atomic E-state index is 5.67. The molecule has 2 N–H and O–H groups in total. The van der Waals surface area contributed by atoms with Crippen LogP contribution in [0.15, 0.2) is 0 Å². The normalized spacial score (nSPS) is 22.9. The van der Waals surface area contributed by atoms with Gasteiger partial charge in [-0.1, -0.05) is 13.8 Å². The zero-order chi connectivity index (χ0) is 13.7. The van der Waals surface area contributed by atoms with Gasteiger partial charge in [-0.05, 0) is 56.5 Å². The fourth-order valence-electron chi connectivity index (χ4n) is 3.16. The highest BCUT2D eigenvalue weighted by atomic mass is 15.3. The van der Waals surface area contributed by atoms with Crippen molar-refractivity contribution < 1.29 is 0 Å². The zero-order valence-corrected chi connectivity index (χ0v) is 13.0. The highest BCUT2D eigenvalue weighted by Crippen LogP contribution is 2.30. The molecule has 0 aromatic rings. The summed E-state index contributed by atoms with van der Waals surface area (Å²) in [5.74, 6) is 1.05. The number of hydrogen-bond acceptors (Lipinski definition) is 3. The minimum absolute atomic E-state index is 0.433. The molecule has 0 spiro atoms. The molecule has 0 amide bonds. The van der Waals surface area contributed by atoms with Crippen LogP contribution in [0.2, 0.25) is 0 Å². The molecular formula is C16H33N3. The molecule has 2 aliphatic rings. The summed E-state index contributed by atoms with van der Waals surface area (Å²) in [6.07, 6.45) is 6.76. The third-order valence-electron chi connectivity index (χ3n) is 4.83. The van der Waals surface area contributed by atoms with E-state index in [4.69, 9.17) is 5.73 Å². The van der Waals surface area contributed by atoms with Crippen molar-refractivity contribution in [2.75, 3.05) is 45.8 Å². The lowest BCUT2D eigenvalue weighted by Gasteiger charge is -2.35. The molecule has 1 aliphatic heterocycles. The third kappa shape index (κ3) is 5.80. The first-order valence-corrected chi connectivity index (χ1v) is 8.24. The minimum Gasteiger partial charge on any atom is -0.330 e. The number of hydrogen-bond donors (Lipinski definition) is 1. The summed E-state index contributed by atoms with van der Waals surface area (Å²) in [5.41, 5.74) is 6.11. The lowest BCUT2D eigenvalue weighted by molar-refractivity contribution is 0.123. The maximum absolute atomic E-state index is 5.67. The molecule has 1 saturated carbocycles. The molecule has 0 aromatic heterocycles. The van der Waals surface area contributed by atoms with Crippen LogP contribution in [0, 0.1) is 11.3 Å². The lowest BCUT2D eigenvalue weighted by atomic mass is 9.84. The van der Waals surface area contributed by atoms with Gasteiger partial charge in [-0.3, -0.25) is 0 Å². The molecule has 3 heteroatoms. The van der Waals surface area contributed by atoms with E-state index in [9.17, 15) is 0 Å². The summed E-state index contributed by atoms with van der Waals surface area (Å²) in [6.45, 7) is 13.3. The van der Waals surface area contributed by atoms with Gasteiger partial charge in [0, 0.05) is 32.7 Å². The Morgan fingerprint density at radius 1 is 1.00 bits per heavy atom. The average molecular weight is 267 g/mol. The predicted octanol–water partition coefficient (Wildman–Crippen LogP) is 2.17. The van der Waals surface area contributed by atoms with Crippen LogP contribution in [0.3, 0.4) is 0 Å². The van der Waals surface area contributed by atoms with Gasteiger partial charge in [0.25, 0.3) is 0 Å². The van der Waals surface area contributed by atoms with Crippen molar-refractivity contribution in [2.24, 2.45) is 17.1 Å². The Bertz CT molecular complexity index is 253.